The van der Waals surface area contributed by atoms with Gasteiger partial charge in [0.1, 0.15) is 22.2 Å². The first-order chi connectivity index (χ1) is 23.3. The molecule has 0 amide bonds. The third-order valence-corrected chi connectivity index (χ3v) is 9.71. The molecule has 0 atom stereocenters. The molecule has 0 bridgehead atoms. The smallest absolute Gasteiger partial charge is 0.227 e. The molecule has 10 rings (SSSR count). The highest BCUT2D eigenvalue weighted by molar-refractivity contribution is 7.25. The van der Waals surface area contributed by atoms with Crippen LogP contribution in [0.25, 0.3) is 98.8 Å². The Labute approximate surface area is 271 Å². The van der Waals surface area contributed by atoms with Gasteiger partial charge in [-0.1, -0.05) is 97.1 Å². The summed E-state index contributed by atoms with van der Waals surface area (Å²) in [6.45, 7) is 0. The lowest BCUT2D eigenvalue weighted by molar-refractivity contribution is 0.618. The molecular weight excluding hydrogens is 601 g/mol. The van der Waals surface area contributed by atoms with E-state index in [0.29, 0.717) is 45.6 Å². The third kappa shape index (κ3) is 4.10. The summed E-state index contributed by atoms with van der Waals surface area (Å²) in [4.78, 5) is 20.4. The molecule has 0 unspecified atom stereocenters. The van der Waals surface area contributed by atoms with Crippen LogP contribution in [0, 0.1) is 0 Å². The molecule has 4 heterocycles. The molecule has 0 N–H and O–H groups in total. The number of fused-ring (bicyclic) bond motifs is 7. The Bertz CT molecular complexity index is 2800. The van der Waals surface area contributed by atoms with Gasteiger partial charge in [-0.2, -0.15) is 0 Å². The van der Waals surface area contributed by atoms with Gasteiger partial charge in [0.15, 0.2) is 23.1 Å². The van der Waals surface area contributed by atoms with E-state index in [1.165, 1.54) is 14.8 Å². The van der Waals surface area contributed by atoms with Gasteiger partial charge in [0, 0.05) is 47.6 Å². The summed E-state index contributed by atoms with van der Waals surface area (Å²) in [5.74, 6) is 2.11. The van der Waals surface area contributed by atoms with Crippen LogP contribution in [-0.4, -0.2) is 19.9 Å². The first-order valence-electron chi connectivity index (χ1n) is 15.3. The monoisotopic (exact) mass is 622 g/mol. The van der Waals surface area contributed by atoms with E-state index in [9.17, 15) is 0 Å². The van der Waals surface area contributed by atoms with Crippen molar-refractivity contribution in [2.45, 2.75) is 0 Å². The van der Waals surface area contributed by atoms with Crippen LogP contribution in [-0.2, 0) is 0 Å². The molecular formula is C40H22N4O2S. The average molecular weight is 623 g/mol. The zero-order chi connectivity index (χ0) is 30.9. The number of rotatable bonds is 4. The number of thiophene rings is 1. The van der Waals surface area contributed by atoms with Crippen molar-refractivity contribution >= 4 is 64.5 Å². The maximum Gasteiger partial charge on any atom is 0.227 e. The Morgan fingerprint density at radius 2 is 1.15 bits per heavy atom. The van der Waals surface area contributed by atoms with E-state index >= 15 is 0 Å². The molecule has 220 valence electrons. The normalized spacial score (nSPS) is 11.8. The summed E-state index contributed by atoms with van der Waals surface area (Å²) in [6, 6.07) is 44.8. The number of oxazole rings is 1. The highest BCUT2D eigenvalue weighted by Crippen LogP contribution is 2.43. The highest BCUT2D eigenvalue weighted by Gasteiger charge is 2.25. The number of para-hydroxylation sites is 1. The van der Waals surface area contributed by atoms with Gasteiger partial charge in [-0.25, -0.2) is 19.9 Å². The molecule has 0 saturated heterocycles. The number of nitrogens with zero attached hydrogens (tertiary/aromatic N) is 4. The molecule has 10 aromatic rings. The van der Waals surface area contributed by atoms with Gasteiger partial charge in [0.25, 0.3) is 0 Å². The van der Waals surface area contributed by atoms with Gasteiger partial charge < -0.3 is 8.83 Å². The second-order valence-electron chi connectivity index (χ2n) is 11.4. The lowest BCUT2D eigenvalue weighted by Gasteiger charge is -2.10. The van der Waals surface area contributed by atoms with Crippen molar-refractivity contribution in [2.75, 3.05) is 0 Å². The Morgan fingerprint density at radius 3 is 2.00 bits per heavy atom. The first kappa shape index (κ1) is 26.1. The molecule has 6 nitrogen and oxygen atoms in total. The van der Waals surface area contributed by atoms with Crippen LogP contribution in [0.1, 0.15) is 0 Å². The van der Waals surface area contributed by atoms with Crippen molar-refractivity contribution in [3.05, 3.63) is 133 Å². The van der Waals surface area contributed by atoms with Crippen LogP contribution < -0.4 is 0 Å². The van der Waals surface area contributed by atoms with E-state index < -0.39 is 0 Å². The predicted octanol–water partition coefficient (Wildman–Crippen LogP) is 10.9. The topological polar surface area (TPSA) is 77.8 Å². The summed E-state index contributed by atoms with van der Waals surface area (Å²) >= 11 is 1.77. The quantitative estimate of drug-likeness (QED) is 0.194. The van der Waals surface area contributed by atoms with Gasteiger partial charge in [0.05, 0.1) is 0 Å². The van der Waals surface area contributed by atoms with E-state index in [-0.39, 0.29) is 0 Å². The van der Waals surface area contributed by atoms with E-state index in [4.69, 9.17) is 28.8 Å². The van der Waals surface area contributed by atoms with Crippen LogP contribution in [0.4, 0.5) is 0 Å². The molecule has 0 fully saturated rings. The van der Waals surface area contributed by atoms with Gasteiger partial charge in [-0.15, -0.1) is 11.3 Å². The second-order valence-corrected chi connectivity index (χ2v) is 12.5. The molecule has 7 heteroatoms. The zero-order valence-electron chi connectivity index (χ0n) is 24.7. The Kier molecular flexibility index (Phi) is 5.64. The van der Waals surface area contributed by atoms with Crippen molar-refractivity contribution in [3.8, 4) is 45.6 Å². The summed E-state index contributed by atoms with van der Waals surface area (Å²) in [5.41, 5.74) is 6.03. The first-order valence-corrected chi connectivity index (χ1v) is 16.1. The molecule has 6 aromatic carbocycles. The third-order valence-electron chi connectivity index (χ3n) is 8.58. The Morgan fingerprint density at radius 1 is 0.468 bits per heavy atom. The van der Waals surface area contributed by atoms with Crippen LogP contribution in [0.3, 0.4) is 0 Å². The highest BCUT2D eigenvalue weighted by atomic mass is 32.1. The number of hydrogen-bond acceptors (Lipinski definition) is 7. The van der Waals surface area contributed by atoms with Crippen molar-refractivity contribution in [1.82, 2.24) is 19.9 Å². The Balaban J connectivity index is 1.32. The zero-order valence-corrected chi connectivity index (χ0v) is 25.5. The minimum Gasteiger partial charge on any atom is -0.455 e. The summed E-state index contributed by atoms with van der Waals surface area (Å²) in [5, 5.41) is 4.21. The van der Waals surface area contributed by atoms with Gasteiger partial charge in [-0.05, 0) is 36.4 Å². The van der Waals surface area contributed by atoms with Gasteiger partial charge in [-0.3, -0.25) is 0 Å². The summed E-state index contributed by atoms with van der Waals surface area (Å²) < 4.78 is 15.6. The van der Waals surface area contributed by atoms with Crippen LogP contribution in [0.15, 0.2) is 142 Å². The lowest BCUT2D eigenvalue weighted by Crippen LogP contribution is -2.01. The largest absolute Gasteiger partial charge is 0.455 e. The van der Waals surface area contributed by atoms with Crippen molar-refractivity contribution in [1.29, 1.82) is 0 Å². The molecule has 4 aromatic heterocycles. The minimum atomic E-state index is 0.454. The van der Waals surface area contributed by atoms with Gasteiger partial charge in [0.2, 0.25) is 5.89 Å². The van der Waals surface area contributed by atoms with Crippen LogP contribution in [0.5, 0.6) is 0 Å². The fraction of sp³-hybridized carbons (Fsp3) is 0. The number of furan rings is 1. The van der Waals surface area contributed by atoms with E-state index in [1.54, 1.807) is 11.3 Å². The number of aromatic nitrogens is 4. The molecule has 47 heavy (non-hydrogen) atoms. The van der Waals surface area contributed by atoms with Crippen LogP contribution in [0.2, 0.25) is 0 Å². The number of benzene rings is 6. The SMILES string of the molecule is c1ccc(-c2nc(-c3c4oc(-c5ccccc5)nc4cc4c3oc3ccccc34)nc(-c3cccc4sc5ccccc5c34)n2)cc1. The lowest BCUT2D eigenvalue weighted by atomic mass is 10.0. The van der Waals surface area contributed by atoms with E-state index in [2.05, 4.69) is 48.5 Å². The summed E-state index contributed by atoms with van der Waals surface area (Å²) in [6.07, 6.45) is 0. The molecule has 0 radical (unpaired) electrons. The van der Waals surface area contributed by atoms with Crippen molar-refractivity contribution in [3.63, 3.8) is 0 Å². The maximum atomic E-state index is 6.58. The van der Waals surface area contributed by atoms with Crippen molar-refractivity contribution < 1.29 is 8.83 Å². The van der Waals surface area contributed by atoms with Crippen molar-refractivity contribution in [2.24, 2.45) is 0 Å². The standard InChI is InChI=1S/C40H22N4O2S/c1-3-12-23(13-4-1)37-42-38(27-18-11-21-32-33(27)26-17-8-10-20-31(26)47-32)44-39(43-37)34-35-28(25-16-7-9-19-30(25)45-35)22-29-36(34)46-40(41-29)24-14-5-2-6-15-24/h1-22H. The summed E-state index contributed by atoms with van der Waals surface area (Å²) in [7, 11) is 0. The predicted molar refractivity (Wildman–Crippen MR) is 189 cm³/mol. The molecule has 0 spiro atoms. The van der Waals surface area contributed by atoms with Gasteiger partial charge >= 0.3 is 0 Å². The van der Waals surface area contributed by atoms with E-state index in [0.717, 1.165) is 38.4 Å². The average Bonchev–Trinajstić information content (AvgIpc) is 3.84. The fourth-order valence-corrected chi connectivity index (χ4v) is 7.57. The molecule has 0 aliphatic rings. The number of hydrogen-bond donors (Lipinski definition) is 0. The van der Waals surface area contributed by atoms with E-state index in [1.807, 2.05) is 84.9 Å². The minimum absolute atomic E-state index is 0.454. The Hall–Kier alpha value is -6.18. The maximum absolute atomic E-state index is 6.58. The fourth-order valence-electron chi connectivity index (χ4n) is 6.44. The molecule has 0 saturated carbocycles. The van der Waals surface area contributed by atoms with Crippen LogP contribution >= 0.6 is 11.3 Å². The molecule has 0 aliphatic carbocycles. The second kappa shape index (κ2) is 10.2. The molecule has 0 aliphatic heterocycles.